The van der Waals surface area contributed by atoms with Crippen LogP contribution in [0.4, 0.5) is 0 Å². The number of rotatable bonds is 5. The number of hydrogen-bond donors (Lipinski definition) is 1. The fraction of sp³-hybridized carbons (Fsp3) is 0.762. The number of aromatic nitrogens is 1. The molecule has 5 heteroatoms. The van der Waals surface area contributed by atoms with Crippen molar-refractivity contribution < 1.29 is 8.42 Å². The first kappa shape index (κ1) is 18.4. The SMILES string of the molecule is CC(C)(C)CC12CC3CC(C1)C(NS(=O)(=O)Cc1ccncc1)C(C3)C2. The molecule has 4 bridgehead atoms. The fourth-order valence-electron chi connectivity index (χ4n) is 6.67. The Balaban J connectivity index is 1.48. The van der Waals surface area contributed by atoms with E-state index in [2.05, 4.69) is 30.5 Å². The van der Waals surface area contributed by atoms with Gasteiger partial charge in [-0.05, 0) is 84.8 Å². The van der Waals surface area contributed by atoms with E-state index >= 15 is 0 Å². The number of nitrogens with one attached hydrogen (secondary N) is 1. The third kappa shape index (κ3) is 3.84. The molecule has 1 heterocycles. The largest absolute Gasteiger partial charge is 0.265 e. The maximum atomic E-state index is 12.8. The molecule has 1 aromatic rings. The Morgan fingerprint density at radius 1 is 1.12 bits per heavy atom. The topological polar surface area (TPSA) is 59.1 Å². The van der Waals surface area contributed by atoms with Crippen molar-refractivity contribution in [3.63, 3.8) is 0 Å². The molecular weight excluding hydrogens is 344 g/mol. The normalized spacial score (nSPS) is 36.4. The van der Waals surface area contributed by atoms with Crippen LogP contribution in [0.15, 0.2) is 24.5 Å². The first-order valence-electron chi connectivity index (χ1n) is 10.0. The van der Waals surface area contributed by atoms with Crippen LogP contribution >= 0.6 is 0 Å². The van der Waals surface area contributed by atoms with Gasteiger partial charge in [0.15, 0.2) is 0 Å². The van der Waals surface area contributed by atoms with E-state index in [1.807, 2.05) is 0 Å². The Morgan fingerprint density at radius 3 is 2.31 bits per heavy atom. The Kier molecular flexibility index (Phi) is 4.47. The number of sulfonamides is 1. The molecule has 4 nitrogen and oxygen atoms in total. The zero-order chi connectivity index (χ0) is 18.6. The van der Waals surface area contributed by atoms with Crippen LogP contribution in [0.3, 0.4) is 0 Å². The van der Waals surface area contributed by atoms with E-state index in [0.717, 1.165) is 11.5 Å². The molecule has 4 fully saturated rings. The van der Waals surface area contributed by atoms with Crippen molar-refractivity contribution in [1.29, 1.82) is 0 Å². The second kappa shape index (κ2) is 6.30. The Morgan fingerprint density at radius 2 is 1.73 bits per heavy atom. The smallest absolute Gasteiger partial charge is 0.216 e. The lowest BCUT2D eigenvalue weighted by Crippen LogP contribution is -2.59. The van der Waals surface area contributed by atoms with Gasteiger partial charge < -0.3 is 0 Å². The molecule has 0 amide bonds. The molecule has 2 atom stereocenters. The molecule has 2 unspecified atom stereocenters. The number of hydrogen-bond acceptors (Lipinski definition) is 3. The van der Waals surface area contributed by atoms with E-state index in [-0.39, 0.29) is 11.8 Å². The van der Waals surface area contributed by atoms with Crippen LogP contribution in [-0.2, 0) is 15.8 Å². The monoisotopic (exact) mass is 376 g/mol. The predicted octanol–water partition coefficient (Wildman–Crippen LogP) is 4.13. The minimum atomic E-state index is -3.31. The Hall–Kier alpha value is -0.940. The molecule has 0 spiro atoms. The second-order valence-electron chi connectivity index (χ2n) is 10.5. The van der Waals surface area contributed by atoms with Crippen LogP contribution in [0.25, 0.3) is 0 Å². The van der Waals surface area contributed by atoms with E-state index in [1.165, 1.54) is 38.5 Å². The van der Waals surface area contributed by atoms with Gasteiger partial charge >= 0.3 is 0 Å². The van der Waals surface area contributed by atoms with E-state index < -0.39 is 10.0 Å². The molecule has 4 saturated carbocycles. The van der Waals surface area contributed by atoms with Crippen molar-refractivity contribution in [2.75, 3.05) is 0 Å². The highest BCUT2D eigenvalue weighted by Gasteiger charge is 2.56. The fourth-order valence-corrected chi connectivity index (χ4v) is 8.19. The molecule has 0 saturated heterocycles. The highest BCUT2D eigenvalue weighted by Crippen LogP contribution is 2.63. The van der Waals surface area contributed by atoms with Crippen molar-refractivity contribution in [1.82, 2.24) is 9.71 Å². The van der Waals surface area contributed by atoms with Crippen molar-refractivity contribution >= 4 is 10.0 Å². The van der Waals surface area contributed by atoms with Gasteiger partial charge in [0.25, 0.3) is 0 Å². The van der Waals surface area contributed by atoms with Crippen LogP contribution in [0.1, 0.15) is 64.9 Å². The second-order valence-corrected chi connectivity index (χ2v) is 12.2. The molecule has 0 radical (unpaired) electrons. The van der Waals surface area contributed by atoms with Crippen LogP contribution < -0.4 is 4.72 Å². The molecule has 1 N–H and O–H groups in total. The van der Waals surface area contributed by atoms with Crippen molar-refractivity contribution in [2.24, 2.45) is 28.6 Å². The minimum absolute atomic E-state index is 0.0576. The van der Waals surface area contributed by atoms with Crippen molar-refractivity contribution in [3.8, 4) is 0 Å². The lowest BCUT2D eigenvalue weighted by Gasteiger charge is -2.61. The maximum Gasteiger partial charge on any atom is 0.216 e. The lowest BCUT2D eigenvalue weighted by atomic mass is 9.46. The molecule has 1 aromatic heterocycles. The maximum absolute atomic E-state index is 12.8. The summed E-state index contributed by atoms with van der Waals surface area (Å²) in [5.74, 6) is 1.92. The minimum Gasteiger partial charge on any atom is -0.265 e. The highest BCUT2D eigenvalue weighted by atomic mass is 32.2. The van der Waals surface area contributed by atoms with Crippen LogP contribution in [0.2, 0.25) is 0 Å². The van der Waals surface area contributed by atoms with Gasteiger partial charge in [-0.25, -0.2) is 13.1 Å². The summed E-state index contributed by atoms with van der Waals surface area (Å²) >= 11 is 0. The summed E-state index contributed by atoms with van der Waals surface area (Å²) in [5.41, 5.74) is 1.62. The van der Waals surface area contributed by atoms with Gasteiger partial charge in [0.05, 0.1) is 5.75 Å². The standard InChI is InChI=1S/C21H32N2O2S/c1-20(2,3)14-21-10-16-8-17(11-21)19(18(9-16)12-21)23-26(24,25)13-15-4-6-22-7-5-15/h4-7,16-19,23H,8-14H2,1-3H3. The van der Waals surface area contributed by atoms with Crippen LogP contribution in [0.5, 0.6) is 0 Å². The van der Waals surface area contributed by atoms with Crippen LogP contribution in [0, 0.1) is 28.6 Å². The van der Waals surface area contributed by atoms with Gasteiger partial charge in [0.2, 0.25) is 10.0 Å². The average Bonchev–Trinajstić information content (AvgIpc) is 2.48. The quantitative estimate of drug-likeness (QED) is 0.840. The van der Waals surface area contributed by atoms with E-state index in [9.17, 15) is 8.42 Å². The summed E-state index contributed by atoms with van der Waals surface area (Å²) in [6.45, 7) is 7.04. The average molecular weight is 377 g/mol. The number of pyridine rings is 1. The summed E-state index contributed by atoms with van der Waals surface area (Å²) in [6.07, 6.45) is 10.8. The molecular formula is C21H32N2O2S. The number of nitrogens with zero attached hydrogens (tertiary/aromatic N) is 1. The molecule has 26 heavy (non-hydrogen) atoms. The van der Waals surface area contributed by atoms with Crippen molar-refractivity contribution in [2.45, 2.75) is 71.1 Å². The molecule has 4 aliphatic rings. The van der Waals surface area contributed by atoms with Gasteiger partial charge in [-0.15, -0.1) is 0 Å². The van der Waals surface area contributed by atoms with Gasteiger partial charge in [-0.3, -0.25) is 4.98 Å². The zero-order valence-electron chi connectivity index (χ0n) is 16.2. The zero-order valence-corrected chi connectivity index (χ0v) is 17.1. The third-order valence-electron chi connectivity index (χ3n) is 6.73. The summed E-state index contributed by atoms with van der Waals surface area (Å²) in [6, 6.07) is 3.72. The first-order valence-corrected chi connectivity index (χ1v) is 11.7. The predicted molar refractivity (Wildman–Crippen MR) is 104 cm³/mol. The van der Waals surface area contributed by atoms with Crippen LogP contribution in [-0.4, -0.2) is 19.4 Å². The molecule has 5 rings (SSSR count). The first-order chi connectivity index (χ1) is 12.1. The Labute approximate surface area is 158 Å². The van der Waals surface area contributed by atoms with Gasteiger partial charge in [-0.2, -0.15) is 0 Å². The summed E-state index contributed by atoms with van der Waals surface area (Å²) in [5, 5.41) is 0. The molecule has 4 aliphatic carbocycles. The molecule has 144 valence electrons. The van der Waals surface area contributed by atoms with E-state index in [4.69, 9.17) is 0 Å². The lowest BCUT2D eigenvalue weighted by molar-refractivity contribution is -0.0881. The van der Waals surface area contributed by atoms with Gasteiger partial charge in [0.1, 0.15) is 0 Å². The van der Waals surface area contributed by atoms with E-state index in [1.54, 1.807) is 24.5 Å². The van der Waals surface area contributed by atoms with E-state index in [0.29, 0.717) is 22.7 Å². The summed E-state index contributed by atoms with van der Waals surface area (Å²) < 4.78 is 28.7. The van der Waals surface area contributed by atoms with Gasteiger partial charge in [0, 0.05) is 18.4 Å². The highest BCUT2D eigenvalue weighted by molar-refractivity contribution is 7.88. The Bertz CT molecular complexity index is 738. The third-order valence-corrected chi connectivity index (χ3v) is 8.07. The molecule has 0 aliphatic heterocycles. The molecule has 0 aromatic carbocycles. The van der Waals surface area contributed by atoms with Gasteiger partial charge in [-0.1, -0.05) is 20.8 Å². The summed E-state index contributed by atoms with van der Waals surface area (Å²) in [4.78, 5) is 3.97. The van der Waals surface area contributed by atoms with Crippen molar-refractivity contribution in [3.05, 3.63) is 30.1 Å². The summed E-state index contributed by atoms with van der Waals surface area (Å²) in [7, 11) is -3.31.